The maximum absolute atomic E-state index is 13.5. The average Bonchev–Trinajstić information content (AvgIpc) is 3.25. The summed E-state index contributed by atoms with van der Waals surface area (Å²) in [7, 11) is 0. The van der Waals surface area contributed by atoms with Gasteiger partial charge in [-0.1, -0.05) is 60.1 Å². The second-order valence-corrected chi connectivity index (χ2v) is 10.7. The van der Waals surface area contributed by atoms with E-state index in [0.29, 0.717) is 24.1 Å². The highest BCUT2D eigenvalue weighted by Gasteiger charge is 2.46. The summed E-state index contributed by atoms with van der Waals surface area (Å²) in [6.07, 6.45) is 1.13. The van der Waals surface area contributed by atoms with Crippen LogP contribution in [0, 0.1) is 0 Å². The van der Waals surface area contributed by atoms with Gasteiger partial charge in [0.05, 0.1) is 23.6 Å². The maximum atomic E-state index is 13.5. The van der Waals surface area contributed by atoms with Crippen molar-refractivity contribution in [1.29, 1.82) is 0 Å². The SMILES string of the molecule is O=C1c2c(O)c(=O)ccn2N(C2c3ccccc3-c3cc(Cl)sc3-c3ccccc32)C2COCCN12. The first kappa shape index (κ1) is 21.7. The molecule has 0 spiro atoms. The van der Waals surface area contributed by atoms with Crippen LogP contribution in [-0.2, 0) is 4.74 Å². The van der Waals surface area contributed by atoms with Gasteiger partial charge >= 0.3 is 0 Å². The van der Waals surface area contributed by atoms with Crippen LogP contribution >= 0.6 is 22.9 Å². The summed E-state index contributed by atoms with van der Waals surface area (Å²) in [5.74, 6) is -0.922. The fourth-order valence-electron chi connectivity index (χ4n) is 5.67. The van der Waals surface area contributed by atoms with E-state index in [2.05, 4.69) is 29.3 Å². The lowest BCUT2D eigenvalue weighted by atomic mass is 9.92. The molecule has 0 bridgehead atoms. The first-order chi connectivity index (χ1) is 17.5. The molecule has 1 saturated heterocycles. The molecule has 2 aliphatic heterocycles. The largest absolute Gasteiger partial charge is 0.502 e. The summed E-state index contributed by atoms with van der Waals surface area (Å²) < 4.78 is 8.21. The van der Waals surface area contributed by atoms with E-state index >= 15 is 0 Å². The second kappa shape index (κ2) is 7.96. The summed E-state index contributed by atoms with van der Waals surface area (Å²) in [4.78, 5) is 28.7. The topological polar surface area (TPSA) is 75.0 Å². The number of aromatic nitrogens is 1. The van der Waals surface area contributed by atoms with Crippen molar-refractivity contribution in [3.8, 4) is 27.3 Å². The van der Waals surface area contributed by atoms with Crippen molar-refractivity contribution in [1.82, 2.24) is 9.58 Å². The molecule has 4 aromatic rings. The number of pyridine rings is 1. The van der Waals surface area contributed by atoms with Crippen molar-refractivity contribution in [2.24, 2.45) is 0 Å². The molecule has 1 fully saturated rings. The van der Waals surface area contributed by atoms with Gasteiger partial charge in [0.15, 0.2) is 11.4 Å². The molecule has 1 N–H and O–H groups in total. The van der Waals surface area contributed by atoms with E-state index in [4.69, 9.17) is 16.3 Å². The van der Waals surface area contributed by atoms with Crippen LogP contribution in [0.4, 0.5) is 0 Å². The number of ether oxygens (including phenoxy) is 1. The van der Waals surface area contributed by atoms with Crippen LogP contribution in [0.3, 0.4) is 0 Å². The van der Waals surface area contributed by atoms with Crippen LogP contribution in [0.2, 0.25) is 4.34 Å². The van der Waals surface area contributed by atoms with Crippen LogP contribution in [0.1, 0.15) is 27.7 Å². The smallest absolute Gasteiger partial charge is 0.278 e. The molecule has 180 valence electrons. The monoisotopic (exact) mass is 517 g/mol. The zero-order chi connectivity index (χ0) is 24.6. The molecule has 2 aromatic carbocycles. The first-order valence-corrected chi connectivity index (χ1v) is 12.8. The number of nitrogens with zero attached hydrogens (tertiary/aromatic N) is 3. The Kier molecular flexibility index (Phi) is 4.79. The second-order valence-electron chi connectivity index (χ2n) is 9.03. The van der Waals surface area contributed by atoms with E-state index in [0.717, 1.165) is 32.7 Å². The minimum atomic E-state index is -0.584. The quantitative estimate of drug-likeness (QED) is 0.403. The van der Waals surface area contributed by atoms with Gasteiger partial charge < -0.3 is 14.7 Å². The highest BCUT2D eigenvalue weighted by molar-refractivity contribution is 7.20. The summed E-state index contributed by atoms with van der Waals surface area (Å²) in [5, 5.41) is 12.8. The van der Waals surface area contributed by atoms with Gasteiger partial charge in [0.25, 0.3) is 5.91 Å². The van der Waals surface area contributed by atoms with E-state index in [9.17, 15) is 14.7 Å². The van der Waals surface area contributed by atoms with E-state index in [1.807, 2.05) is 30.3 Å². The molecule has 36 heavy (non-hydrogen) atoms. The lowest BCUT2D eigenvalue weighted by Crippen LogP contribution is -2.66. The number of thiophene rings is 1. The number of fused-ring (bicyclic) bond motifs is 7. The standard InChI is InChI=1S/C27H20ClN3O4S/c28-21-13-19-15-5-1-2-6-16(15)23(17-7-3-4-8-18(17)26(19)36-21)31-22-14-35-12-11-29(22)27(34)24-25(33)20(32)9-10-30(24)31/h1-10,13,22-23,33H,11-12,14H2. The van der Waals surface area contributed by atoms with Crippen molar-refractivity contribution in [2.45, 2.75) is 12.2 Å². The predicted octanol–water partition coefficient (Wildman–Crippen LogP) is 4.46. The molecular formula is C27H20ClN3O4S. The molecule has 1 aliphatic carbocycles. The molecule has 7 nitrogen and oxygen atoms in total. The Labute approximate surface area is 215 Å². The Bertz CT molecular complexity index is 1550. The maximum Gasteiger partial charge on any atom is 0.278 e. The molecular weight excluding hydrogens is 498 g/mol. The van der Waals surface area contributed by atoms with E-state index in [1.165, 1.54) is 6.07 Å². The van der Waals surface area contributed by atoms with Crippen LogP contribution in [0.25, 0.3) is 21.6 Å². The van der Waals surface area contributed by atoms with Gasteiger partial charge in [0.1, 0.15) is 6.17 Å². The molecule has 2 aromatic heterocycles. The van der Waals surface area contributed by atoms with E-state index < -0.39 is 17.3 Å². The Morgan fingerprint density at radius 2 is 1.69 bits per heavy atom. The Morgan fingerprint density at radius 3 is 2.50 bits per heavy atom. The highest BCUT2D eigenvalue weighted by Crippen LogP contribution is 2.51. The molecule has 4 heterocycles. The number of carbonyl (C=O) groups excluding carboxylic acids is 1. The van der Waals surface area contributed by atoms with Crippen LogP contribution < -0.4 is 10.4 Å². The van der Waals surface area contributed by atoms with Crippen LogP contribution in [0.15, 0.2) is 71.7 Å². The van der Waals surface area contributed by atoms with Crippen LogP contribution in [-0.4, -0.2) is 46.5 Å². The number of hydrogen-bond acceptors (Lipinski definition) is 6. The lowest BCUT2D eigenvalue weighted by Gasteiger charge is -2.51. The number of rotatable bonds is 1. The van der Waals surface area contributed by atoms with Gasteiger partial charge in [-0.05, 0) is 28.3 Å². The molecule has 9 heteroatoms. The van der Waals surface area contributed by atoms with Gasteiger partial charge in [0, 0.05) is 29.2 Å². The lowest BCUT2D eigenvalue weighted by molar-refractivity contribution is -0.0196. The molecule has 3 aliphatic rings. The van der Waals surface area contributed by atoms with Crippen molar-refractivity contribution in [2.75, 3.05) is 24.8 Å². The summed E-state index contributed by atoms with van der Waals surface area (Å²) in [6, 6.07) is 19.3. The molecule has 0 saturated carbocycles. The fourth-order valence-corrected chi connectivity index (χ4v) is 6.96. The van der Waals surface area contributed by atoms with Gasteiger partial charge in [0.2, 0.25) is 5.43 Å². The summed E-state index contributed by atoms with van der Waals surface area (Å²) in [6.45, 7) is 1.05. The average molecular weight is 518 g/mol. The Hall–Kier alpha value is -3.59. The van der Waals surface area contributed by atoms with Gasteiger partial charge in [-0.15, -0.1) is 11.3 Å². The fraction of sp³-hybridized carbons (Fsp3) is 0.185. The number of halogens is 1. The Morgan fingerprint density at radius 1 is 0.972 bits per heavy atom. The normalized spacial score (nSPS) is 20.1. The van der Waals surface area contributed by atoms with Crippen molar-refractivity contribution in [3.63, 3.8) is 0 Å². The van der Waals surface area contributed by atoms with Crippen molar-refractivity contribution >= 4 is 28.8 Å². The zero-order valence-corrected chi connectivity index (χ0v) is 20.5. The molecule has 2 atom stereocenters. The highest BCUT2D eigenvalue weighted by atomic mass is 35.5. The molecule has 0 radical (unpaired) electrons. The molecule has 2 unspecified atom stereocenters. The predicted molar refractivity (Wildman–Crippen MR) is 138 cm³/mol. The number of hydrogen-bond donors (Lipinski definition) is 1. The van der Waals surface area contributed by atoms with Gasteiger partial charge in [-0.2, -0.15) is 0 Å². The molecule has 7 rings (SSSR count). The van der Waals surface area contributed by atoms with E-state index in [-0.39, 0.29) is 17.6 Å². The van der Waals surface area contributed by atoms with Gasteiger partial charge in [-0.25, -0.2) is 0 Å². The third-order valence-corrected chi connectivity index (χ3v) is 8.48. The number of carbonyl (C=O) groups is 1. The van der Waals surface area contributed by atoms with Crippen molar-refractivity contribution < 1.29 is 14.6 Å². The number of amides is 1. The third-order valence-electron chi connectivity index (χ3n) is 7.19. The number of aromatic hydroxyl groups is 1. The van der Waals surface area contributed by atoms with Crippen molar-refractivity contribution in [3.05, 3.63) is 98.2 Å². The minimum absolute atomic E-state index is 0.0299. The Balaban J connectivity index is 1.57. The molecule has 1 amide bonds. The first-order valence-electron chi connectivity index (χ1n) is 11.6. The minimum Gasteiger partial charge on any atom is -0.502 e. The third kappa shape index (κ3) is 2.95. The summed E-state index contributed by atoms with van der Waals surface area (Å²) in [5.41, 5.74) is 4.61. The summed E-state index contributed by atoms with van der Waals surface area (Å²) >= 11 is 8.06. The zero-order valence-electron chi connectivity index (χ0n) is 18.9. The van der Waals surface area contributed by atoms with E-state index in [1.54, 1.807) is 27.1 Å². The number of benzene rings is 2. The van der Waals surface area contributed by atoms with Gasteiger partial charge in [-0.3, -0.25) is 19.3 Å². The van der Waals surface area contributed by atoms with Crippen LogP contribution in [0.5, 0.6) is 5.75 Å². The number of morpholine rings is 1.